The van der Waals surface area contributed by atoms with E-state index in [4.69, 9.17) is 5.26 Å². The minimum atomic E-state index is -0.685. The Labute approximate surface area is 117 Å². The third-order valence-corrected chi connectivity index (χ3v) is 4.81. The number of aromatic nitrogens is 1. The Morgan fingerprint density at radius 1 is 1.60 bits per heavy atom. The predicted molar refractivity (Wildman–Crippen MR) is 73.3 cm³/mol. The number of carboxylic acid groups (broad SMARTS) is 1. The normalized spacial score (nSPS) is 28.2. The third kappa shape index (κ3) is 1.75. The number of anilines is 1. The molecule has 1 N–H and O–H groups in total. The van der Waals surface area contributed by atoms with Crippen molar-refractivity contribution in [3.63, 3.8) is 0 Å². The summed E-state index contributed by atoms with van der Waals surface area (Å²) in [6, 6.07) is 5.85. The lowest BCUT2D eigenvalue weighted by Crippen LogP contribution is -2.35. The number of carbonyl (C=O) groups is 1. The van der Waals surface area contributed by atoms with E-state index in [2.05, 4.69) is 11.1 Å². The van der Waals surface area contributed by atoms with Crippen LogP contribution >= 0.6 is 0 Å². The molecule has 2 fully saturated rings. The van der Waals surface area contributed by atoms with Gasteiger partial charge in [-0.05, 0) is 37.3 Å². The van der Waals surface area contributed by atoms with Gasteiger partial charge < -0.3 is 10.0 Å². The third-order valence-electron chi connectivity index (χ3n) is 4.81. The molecule has 0 bridgehead atoms. The molecule has 1 aliphatic heterocycles. The second kappa shape index (κ2) is 4.48. The fourth-order valence-corrected chi connectivity index (χ4v) is 3.62. The topological polar surface area (TPSA) is 77.2 Å². The molecule has 1 saturated carbocycles. The number of nitriles is 1. The number of aryl methyl sites for hydroxylation is 1. The zero-order valence-electron chi connectivity index (χ0n) is 11.5. The molecule has 0 unspecified atom stereocenters. The molecule has 20 heavy (non-hydrogen) atoms. The molecule has 104 valence electrons. The highest BCUT2D eigenvalue weighted by Gasteiger charge is 2.55. The fraction of sp³-hybridized carbons (Fsp3) is 0.533. The Balaban J connectivity index is 1.91. The number of fused-ring (bicyclic) bond motifs is 1. The lowest BCUT2D eigenvalue weighted by Gasteiger charge is -2.23. The maximum absolute atomic E-state index is 11.7. The number of carboxylic acids is 1. The molecule has 5 nitrogen and oxygen atoms in total. The number of nitrogens with zero attached hydrogens (tertiary/aromatic N) is 3. The average Bonchev–Trinajstić information content (AvgIpc) is 2.96. The van der Waals surface area contributed by atoms with Crippen molar-refractivity contribution in [2.75, 3.05) is 18.0 Å². The summed E-state index contributed by atoms with van der Waals surface area (Å²) in [6.45, 7) is 3.09. The van der Waals surface area contributed by atoms with E-state index >= 15 is 0 Å². The van der Waals surface area contributed by atoms with Gasteiger partial charge in [0.05, 0.1) is 5.41 Å². The molecule has 2 aliphatic rings. The number of pyridine rings is 1. The van der Waals surface area contributed by atoms with Gasteiger partial charge in [-0.3, -0.25) is 4.79 Å². The zero-order chi connectivity index (χ0) is 14.3. The highest BCUT2D eigenvalue weighted by molar-refractivity contribution is 5.77. The van der Waals surface area contributed by atoms with Crippen LogP contribution in [0.25, 0.3) is 0 Å². The number of hydrogen-bond acceptors (Lipinski definition) is 4. The molecular formula is C15H17N3O2. The number of hydrogen-bond donors (Lipinski definition) is 1. The minimum absolute atomic E-state index is 0.202. The Hall–Kier alpha value is -2.09. The summed E-state index contributed by atoms with van der Waals surface area (Å²) in [7, 11) is 0. The van der Waals surface area contributed by atoms with Gasteiger partial charge in [-0.1, -0.05) is 12.5 Å². The Kier molecular flexibility index (Phi) is 2.89. The predicted octanol–water partition coefficient (Wildman–Crippen LogP) is 1.95. The fourth-order valence-electron chi connectivity index (χ4n) is 3.62. The van der Waals surface area contributed by atoms with Gasteiger partial charge in [0.1, 0.15) is 17.6 Å². The van der Waals surface area contributed by atoms with Crippen LogP contribution in [0.5, 0.6) is 0 Å². The summed E-state index contributed by atoms with van der Waals surface area (Å²) in [6.07, 6.45) is 2.72. The number of rotatable bonds is 2. The molecule has 0 spiro atoms. The van der Waals surface area contributed by atoms with Crippen molar-refractivity contribution in [1.29, 1.82) is 5.26 Å². The molecule has 3 rings (SSSR count). The Morgan fingerprint density at radius 2 is 2.40 bits per heavy atom. The van der Waals surface area contributed by atoms with Crippen molar-refractivity contribution in [3.05, 3.63) is 23.4 Å². The van der Waals surface area contributed by atoms with Crippen molar-refractivity contribution in [2.45, 2.75) is 26.2 Å². The Morgan fingerprint density at radius 3 is 3.05 bits per heavy atom. The highest BCUT2D eigenvalue weighted by atomic mass is 16.4. The van der Waals surface area contributed by atoms with Crippen LogP contribution < -0.4 is 4.90 Å². The van der Waals surface area contributed by atoms with Crippen LogP contribution in [0, 0.1) is 29.6 Å². The lowest BCUT2D eigenvalue weighted by atomic mass is 9.81. The van der Waals surface area contributed by atoms with Gasteiger partial charge in [-0.25, -0.2) is 4.98 Å². The molecule has 2 heterocycles. The second-order valence-electron chi connectivity index (χ2n) is 5.88. The SMILES string of the molecule is Cc1ccc(N2C[C@@H]3CCC[C@@]3(C(=O)O)C2)nc1C#N. The standard InChI is InChI=1S/C15H17N3O2/c1-10-4-5-13(17-12(10)7-16)18-8-11-3-2-6-15(11,9-18)14(19)20/h4-5,11H,2-3,6,8-9H2,1H3,(H,19,20)/t11-,15+/m0/s1. The average molecular weight is 271 g/mol. The van der Waals surface area contributed by atoms with Crippen LogP contribution in [0.3, 0.4) is 0 Å². The van der Waals surface area contributed by atoms with Crippen molar-refractivity contribution in [3.8, 4) is 6.07 Å². The van der Waals surface area contributed by atoms with Crippen molar-refractivity contribution >= 4 is 11.8 Å². The first-order chi connectivity index (χ1) is 9.56. The molecule has 1 saturated heterocycles. The Bertz CT molecular complexity index is 608. The highest BCUT2D eigenvalue weighted by Crippen LogP contribution is 2.49. The van der Waals surface area contributed by atoms with Gasteiger partial charge in [-0.15, -0.1) is 0 Å². The van der Waals surface area contributed by atoms with Crippen LogP contribution in [0.15, 0.2) is 12.1 Å². The minimum Gasteiger partial charge on any atom is -0.481 e. The van der Waals surface area contributed by atoms with Crippen molar-refractivity contribution < 1.29 is 9.90 Å². The molecule has 1 aromatic rings. The summed E-state index contributed by atoms with van der Waals surface area (Å²) in [4.78, 5) is 18.0. The van der Waals surface area contributed by atoms with Crippen LogP contribution in [0.2, 0.25) is 0 Å². The summed E-state index contributed by atoms with van der Waals surface area (Å²) in [5.74, 6) is 0.242. The van der Waals surface area contributed by atoms with Gasteiger partial charge in [0, 0.05) is 13.1 Å². The first kappa shape index (κ1) is 12.9. The van der Waals surface area contributed by atoms with Gasteiger partial charge in [-0.2, -0.15) is 5.26 Å². The van der Waals surface area contributed by atoms with E-state index in [1.165, 1.54) is 0 Å². The largest absolute Gasteiger partial charge is 0.481 e. The summed E-state index contributed by atoms with van der Waals surface area (Å²) < 4.78 is 0. The molecule has 0 radical (unpaired) electrons. The molecule has 2 atom stereocenters. The molecule has 1 aliphatic carbocycles. The summed E-state index contributed by atoms with van der Waals surface area (Å²) in [5.41, 5.74) is 0.659. The van der Waals surface area contributed by atoms with E-state index in [0.29, 0.717) is 12.2 Å². The quantitative estimate of drug-likeness (QED) is 0.889. The first-order valence-electron chi connectivity index (χ1n) is 6.93. The molecule has 5 heteroatoms. The summed E-state index contributed by atoms with van der Waals surface area (Å²) in [5, 5.41) is 18.6. The van der Waals surface area contributed by atoms with Gasteiger partial charge in [0.2, 0.25) is 0 Å². The van der Waals surface area contributed by atoms with E-state index in [1.54, 1.807) is 0 Å². The van der Waals surface area contributed by atoms with Crippen molar-refractivity contribution in [1.82, 2.24) is 4.98 Å². The smallest absolute Gasteiger partial charge is 0.311 e. The van der Waals surface area contributed by atoms with E-state index in [9.17, 15) is 9.90 Å². The zero-order valence-corrected chi connectivity index (χ0v) is 11.5. The van der Waals surface area contributed by atoms with Crippen LogP contribution in [-0.4, -0.2) is 29.1 Å². The van der Waals surface area contributed by atoms with Gasteiger partial charge in [0.25, 0.3) is 0 Å². The van der Waals surface area contributed by atoms with Crippen LogP contribution in [0.1, 0.15) is 30.5 Å². The van der Waals surface area contributed by atoms with E-state index in [1.807, 2.05) is 24.0 Å². The maximum Gasteiger partial charge on any atom is 0.311 e. The lowest BCUT2D eigenvalue weighted by molar-refractivity contribution is -0.149. The molecule has 0 amide bonds. The monoisotopic (exact) mass is 271 g/mol. The molecule has 0 aromatic carbocycles. The molecular weight excluding hydrogens is 254 g/mol. The summed E-state index contributed by atoms with van der Waals surface area (Å²) >= 11 is 0. The molecule has 1 aromatic heterocycles. The first-order valence-corrected chi connectivity index (χ1v) is 6.93. The van der Waals surface area contributed by atoms with Crippen LogP contribution in [0.4, 0.5) is 5.82 Å². The maximum atomic E-state index is 11.7. The van der Waals surface area contributed by atoms with E-state index in [0.717, 1.165) is 37.2 Å². The van der Waals surface area contributed by atoms with Crippen LogP contribution in [-0.2, 0) is 4.79 Å². The van der Waals surface area contributed by atoms with E-state index in [-0.39, 0.29) is 5.92 Å². The number of aliphatic carboxylic acids is 1. The second-order valence-corrected chi connectivity index (χ2v) is 5.88. The van der Waals surface area contributed by atoms with E-state index < -0.39 is 11.4 Å². The van der Waals surface area contributed by atoms with Gasteiger partial charge >= 0.3 is 5.97 Å². The van der Waals surface area contributed by atoms with Gasteiger partial charge in [0.15, 0.2) is 0 Å². The van der Waals surface area contributed by atoms with Crippen molar-refractivity contribution in [2.24, 2.45) is 11.3 Å².